The van der Waals surface area contributed by atoms with Crippen LogP contribution in [0.4, 0.5) is 5.69 Å². The molecule has 0 atom stereocenters. The zero-order valence-electron chi connectivity index (χ0n) is 11.6. The summed E-state index contributed by atoms with van der Waals surface area (Å²) >= 11 is 0. The van der Waals surface area contributed by atoms with Gasteiger partial charge in [-0.05, 0) is 17.5 Å². The maximum absolute atomic E-state index is 11.9. The van der Waals surface area contributed by atoms with Crippen LogP contribution >= 0.6 is 12.4 Å². The van der Waals surface area contributed by atoms with Gasteiger partial charge in [0.25, 0.3) is 0 Å². The Balaban J connectivity index is 0.00000289. The summed E-state index contributed by atoms with van der Waals surface area (Å²) in [6.07, 6.45) is 0. The Morgan fingerprint density at radius 2 is 1.78 bits per heavy atom. The quantitative estimate of drug-likeness (QED) is 0.912. The fourth-order valence-electron chi connectivity index (χ4n) is 1.67. The molecule has 0 saturated carbocycles. The number of hydrogen-bond donors (Lipinski definition) is 1. The van der Waals surface area contributed by atoms with E-state index in [2.05, 4.69) is 26.1 Å². The largest absolute Gasteiger partial charge is 0.376 e. The molecule has 0 saturated heterocycles. The van der Waals surface area contributed by atoms with Crippen molar-refractivity contribution in [1.82, 2.24) is 4.90 Å². The summed E-state index contributed by atoms with van der Waals surface area (Å²) in [6, 6.07) is 9.77. The van der Waals surface area contributed by atoms with Gasteiger partial charge in [-0.1, -0.05) is 39.0 Å². The van der Waals surface area contributed by atoms with E-state index in [0.29, 0.717) is 6.54 Å². The normalized spacial score (nSPS) is 10.4. The molecule has 1 aromatic rings. The second-order valence-corrected chi connectivity index (χ2v) is 5.53. The van der Waals surface area contributed by atoms with E-state index in [0.717, 1.165) is 12.2 Å². The van der Waals surface area contributed by atoms with Crippen LogP contribution in [0.15, 0.2) is 30.3 Å². The zero-order chi connectivity index (χ0) is 12.9. The molecule has 0 unspecified atom stereocenters. The van der Waals surface area contributed by atoms with Gasteiger partial charge in [-0.25, -0.2) is 0 Å². The van der Waals surface area contributed by atoms with Gasteiger partial charge in [-0.2, -0.15) is 0 Å². The third-order valence-corrected chi connectivity index (χ3v) is 2.35. The summed E-state index contributed by atoms with van der Waals surface area (Å²) in [6.45, 7) is 7.49. The number of anilines is 1. The molecular weight excluding hydrogens is 248 g/mol. The summed E-state index contributed by atoms with van der Waals surface area (Å²) in [5, 5.41) is 3.12. The Bertz CT molecular complexity index is 360. The van der Waals surface area contributed by atoms with Crippen molar-refractivity contribution in [2.24, 2.45) is 5.41 Å². The number of para-hydroxylation sites is 1. The first-order chi connectivity index (χ1) is 7.88. The third kappa shape index (κ3) is 6.50. The van der Waals surface area contributed by atoms with Gasteiger partial charge < -0.3 is 10.2 Å². The maximum atomic E-state index is 11.9. The standard InChI is InChI=1S/C14H22N2O.ClH/c1-14(2,3)11-16(4)13(17)10-15-12-8-6-5-7-9-12;/h5-9,15H,10-11H2,1-4H3;1H. The van der Waals surface area contributed by atoms with Gasteiger partial charge in [0.15, 0.2) is 0 Å². The number of rotatable bonds is 4. The molecule has 0 fully saturated rings. The van der Waals surface area contributed by atoms with Crippen LogP contribution in [0.1, 0.15) is 20.8 Å². The minimum Gasteiger partial charge on any atom is -0.376 e. The molecule has 0 aliphatic rings. The Labute approximate surface area is 116 Å². The first-order valence-electron chi connectivity index (χ1n) is 5.91. The van der Waals surface area contributed by atoms with Gasteiger partial charge in [0, 0.05) is 19.3 Å². The summed E-state index contributed by atoms with van der Waals surface area (Å²) in [5.41, 5.74) is 1.11. The van der Waals surface area contributed by atoms with Crippen molar-refractivity contribution in [2.75, 3.05) is 25.5 Å². The van der Waals surface area contributed by atoms with Gasteiger partial charge in [0.05, 0.1) is 6.54 Å². The SMILES string of the molecule is CN(CC(C)(C)C)C(=O)CNc1ccccc1.Cl. The number of nitrogens with one attached hydrogen (secondary N) is 1. The van der Waals surface area contributed by atoms with E-state index in [9.17, 15) is 4.79 Å². The number of benzene rings is 1. The van der Waals surface area contributed by atoms with Crippen LogP contribution in [0.3, 0.4) is 0 Å². The smallest absolute Gasteiger partial charge is 0.241 e. The van der Waals surface area contributed by atoms with Crippen LogP contribution in [0.25, 0.3) is 0 Å². The fraction of sp³-hybridized carbons (Fsp3) is 0.500. The Kier molecular flexibility index (Phi) is 6.77. The molecule has 0 spiro atoms. The van der Waals surface area contributed by atoms with Gasteiger partial charge in [0.2, 0.25) is 5.91 Å². The molecule has 0 radical (unpaired) electrons. The lowest BCUT2D eigenvalue weighted by atomic mass is 9.96. The van der Waals surface area contributed by atoms with E-state index in [1.807, 2.05) is 37.4 Å². The van der Waals surface area contributed by atoms with Gasteiger partial charge >= 0.3 is 0 Å². The molecule has 0 aromatic heterocycles. The lowest BCUT2D eigenvalue weighted by Crippen LogP contribution is -2.37. The monoisotopic (exact) mass is 270 g/mol. The lowest BCUT2D eigenvalue weighted by molar-refractivity contribution is -0.129. The number of nitrogens with zero attached hydrogens (tertiary/aromatic N) is 1. The highest BCUT2D eigenvalue weighted by atomic mass is 35.5. The van der Waals surface area contributed by atoms with Crippen LogP contribution in [-0.2, 0) is 4.79 Å². The Morgan fingerprint density at radius 1 is 1.22 bits per heavy atom. The summed E-state index contributed by atoms with van der Waals surface area (Å²) in [4.78, 5) is 13.6. The van der Waals surface area contributed by atoms with Gasteiger partial charge in [-0.3, -0.25) is 4.79 Å². The van der Waals surface area contributed by atoms with Crippen LogP contribution in [0.2, 0.25) is 0 Å². The first-order valence-corrected chi connectivity index (χ1v) is 5.91. The predicted octanol–water partition coefficient (Wildman–Crippen LogP) is 3.02. The van der Waals surface area contributed by atoms with Crippen molar-refractivity contribution >= 4 is 24.0 Å². The molecular formula is C14H23ClN2O. The highest BCUT2D eigenvalue weighted by Gasteiger charge is 2.17. The number of likely N-dealkylation sites (N-methyl/N-ethyl adjacent to an activating group) is 1. The molecule has 0 aliphatic heterocycles. The van der Waals surface area contributed by atoms with Crippen LogP contribution in [-0.4, -0.2) is 30.9 Å². The van der Waals surface area contributed by atoms with Crippen molar-refractivity contribution < 1.29 is 4.79 Å². The van der Waals surface area contributed by atoms with E-state index in [4.69, 9.17) is 0 Å². The predicted molar refractivity (Wildman–Crippen MR) is 79.3 cm³/mol. The minimum atomic E-state index is 0. The van der Waals surface area contributed by atoms with E-state index >= 15 is 0 Å². The van der Waals surface area contributed by atoms with E-state index in [1.54, 1.807) is 4.90 Å². The van der Waals surface area contributed by atoms with E-state index in [1.165, 1.54) is 0 Å². The second kappa shape index (κ2) is 7.27. The molecule has 1 aromatic carbocycles. The summed E-state index contributed by atoms with van der Waals surface area (Å²) < 4.78 is 0. The number of hydrogen-bond acceptors (Lipinski definition) is 2. The summed E-state index contributed by atoms with van der Waals surface area (Å²) in [7, 11) is 1.85. The summed E-state index contributed by atoms with van der Waals surface area (Å²) in [5.74, 6) is 0.115. The maximum Gasteiger partial charge on any atom is 0.241 e. The molecule has 1 rings (SSSR count). The molecule has 102 valence electrons. The average Bonchev–Trinajstić information content (AvgIpc) is 2.25. The third-order valence-electron chi connectivity index (χ3n) is 2.35. The van der Waals surface area contributed by atoms with Gasteiger partial charge in [-0.15, -0.1) is 12.4 Å². The van der Waals surface area contributed by atoms with Crippen molar-refractivity contribution in [3.63, 3.8) is 0 Å². The molecule has 4 heteroatoms. The van der Waals surface area contributed by atoms with Crippen LogP contribution in [0, 0.1) is 5.41 Å². The van der Waals surface area contributed by atoms with Crippen molar-refractivity contribution in [3.8, 4) is 0 Å². The second-order valence-electron chi connectivity index (χ2n) is 5.53. The van der Waals surface area contributed by atoms with E-state index in [-0.39, 0.29) is 23.7 Å². The number of carbonyl (C=O) groups excluding carboxylic acids is 1. The van der Waals surface area contributed by atoms with Gasteiger partial charge in [0.1, 0.15) is 0 Å². The average molecular weight is 271 g/mol. The lowest BCUT2D eigenvalue weighted by Gasteiger charge is -2.26. The highest BCUT2D eigenvalue weighted by molar-refractivity contribution is 5.85. The minimum absolute atomic E-state index is 0. The van der Waals surface area contributed by atoms with Crippen LogP contribution in [0.5, 0.6) is 0 Å². The molecule has 1 amide bonds. The Hall–Kier alpha value is -1.22. The molecule has 0 bridgehead atoms. The highest BCUT2D eigenvalue weighted by Crippen LogP contribution is 2.14. The van der Waals surface area contributed by atoms with Crippen molar-refractivity contribution in [3.05, 3.63) is 30.3 Å². The van der Waals surface area contributed by atoms with Crippen molar-refractivity contribution in [1.29, 1.82) is 0 Å². The van der Waals surface area contributed by atoms with Crippen molar-refractivity contribution in [2.45, 2.75) is 20.8 Å². The zero-order valence-corrected chi connectivity index (χ0v) is 12.4. The number of carbonyl (C=O) groups is 1. The number of halogens is 1. The number of amides is 1. The first kappa shape index (κ1) is 16.8. The molecule has 0 heterocycles. The topological polar surface area (TPSA) is 32.3 Å². The fourth-order valence-corrected chi connectivity index (χ4v) is 1.67. The Morgan fingerprint density at radius 3 is 2.28 bits per heavy atom. The molecule has 1 N–H and O–H groups in total. The van der Waals surface area contributed by atoms with E-state index < -0.39 is 0 Å². The molecule has 18 heavy (non-hydrogen) atoms. The van der Waals surface area contributed by atoms with Crippen LogP contribution < -0.4 is 5.32 Å². The molecule has 0 aliphatic carbocycles. The molecule has 3 nitrogen and oxygen atoms in total.